The number of aromatic nitrogens is 2. The lowest BCUT2D eigenvalue weighted by molar-refractivity contribution is 0.716. The van der Waals surface area contributed by atoms with Crippen LogP contribution in [0.1, 0.15) is 22.5 Å². The van der Waals surface area contributed by atoms with Gasteiger partial charge in [0.2, 0.25) is 0 Å². The highest BCUT2D eigenvalue weighted by Gasteiger charge is 2.22. The molecule has 0 radical (unpaired) electrons. The third-order valence-corrected chi connectivity index (χ3v) is 3.11. The van der Waals surface area contributed by atoms with Gasteiger partial charge in [0, 0.05) is 18.7 Å². The Kier molecular flexibility index (Phi) is 2.20. The van der Waals surface area contributed by atoms with Crippen LogP contribution in [-0.4, -0.2) is 9.78 Å². The largest absolute Gasteiger partial charge is 0.307 e. The first-order valence-electron chi connectivity index (χ1n) is 5.59. The van der Waals surface area contributed by atoms with E-state index in [1.54, 1.807) is 4.68 Å². The molecule has 0 aliphatic carbocycles. The van der Waals surface area contributed by atoms with Gasteiger partial charge in [-0.25, -0.2) is 4.68 Å². The molecular weight excluding hydrogens is 212 g/mol. The number of rotatable bonds is 1. The fourth-order valence-corrected chi connectivity index (χ4v) is 2.22. The summed E-state index contributed by atoms with van der Waals surface area (Å²) >= 11 is 0. The van der Waals surface area contributed by atoms with Crippen LogP contribution in [0.15, 0.2) is 24.3 Å². The second-order valence-corrected chi connectivity index (χ2v) is 4.19. The number of aryl methyl sites for hydroxylation is 1. The molecular formula is C13H12N4. The van der Waals surface area contributed by atoms with E-state index in [1.807, 2.05) is 31.2 Å². The van der Waals surface area contributed by atoms with E-state index in [4.69, 9.17) is 0 Å². The van der Waals surface area contributed by atoms with Gasteiger partial charge in [-0.05, 0) is 18.6 Å². The Hall–Kier alpha value is -2.12. The first-order chi connectivity index (χ1) is 8.31. The van der Waals surface area contributed by atoms with Gasteiger partial charge < -0.3 is 5.32 Å². The van der Waals surface area contributed by atoms with Crippen molar-refractivity contribution >= 4 is 0 Å². The molecule has 1 aliphatic rings. The van der Waals surface area contributed by atoms with Crippen LogP contribution >= 0.6 is 0 Å². The molecule has 1 aromatic carbocycles. The predicted molar refractivity (Wildman–Crippen MR) is 63.6 cm³/mol. The molecule has 2 aromatic rings. The molecule has 1 aliphatic heterocycles. The number of para-hydroxylation sites is 1. The maximum Gasteiger partial charge on any atom is 0.149 e. The molecule has 84 valence electrons. The number of fused-ring (bicyclic) bond motifs is 1. The van der Waals surface area contributed by atoms with E-state index >= 15 is 0 Å². The normalized spacial score (nSPS) is 13.4. The third-order valence-electron chi connectivity index (χ3n) is 3.11. The summed E-state index contributed by atoms with van der Waals surface area (Å²) in [6.45, 7) is 3.52. The molecule has 4 nitrogen and oxygen atoms in total. The minimum atomic E-state index is 0.652. The maximum atomic E-state index is 9.29. The molecule has 17 heavy (non-hydrogen) atoms. The van der Waals surface area contributed by atoms with E-state index < -0.39 is 0 Å². The zero-order chi connectivity index (χ0) is 11.8. The van der Waals surface area contributed by atoms with E-state index in [-0.39, 0.29) is 0 Å². The van der Waals surface area contributed by atoms with Crippen LogP contribution in [0.25, 0.3) is 5.69 Å². The third kappa shape index (κ3) is 1.44. The van der Waals surface area contributed by atoms with Crippen LogP contribution in [-0.2, 0) is 13.1 Å². The average Bonchev–Trinajstić information content (AvgIpc) is 2.89. The number of nitrogens with one attached hydrogen (secondary N) is 1. The molecule has 0 fully saturated rings. The summed E-state index contributed by atoms with van der Waals surface area (Å²) < 4.78 is 1.76. The van der Waals surface area contributed by atoms with Gasteiger partial charge in [-0.2, -0.15) is 10.4 Å². The molecule has 1 aromatic heterocycles. The summed E-state index contributed by atoms with van der Waals surface area (Å²) in [4.78, 5) is 0. The summed E-state index contributed by atoms with van der Waals surface area (Å²) in [5, 5.41) is 17.0. The molecule has 0 amide bonds. The van der Waals surface area contributed by atoms with E-state index in [2.05, 4.69) is 16.5 Å². The molecule has 1 N–H and O–H groups in total. The fraction of sp³-hybridized carbons (Fsp3) is 0.231. The van der Waals surface area contributed by atoms with Crippen LogP contribution in [0.2, 0.25) is 0 Å². The zero-order valence-corrected chi connectivity index (χ0v) is 9.57. The minimum Gasteiger partial charge on any atom is -0.307 e. The summed E-state index contributed by atoms with van der Waals surface area (Å²) in [7, 11) is 0. The average molecular weight is 224 g/mol. The van der Waals surface area contributed by atoms with Gasteiger partial charge in [0.05, 0.1) is 11.4 Å². The quantitative estimate of drug-likeness (QED) is 0.801. The van der Waals surface area contributed by atoms with E-state index in [1.165, 1.54) is 0 Å². The molecule has 0 spiro atoms. The Bertz CT molecular complexity index is 619. The fourth-order valence-electron chi connectivity index (χ4n) is 2.22. The summed E-state index contributed by atoms with van der Waals surface area (Å²) in [6, 6.07) is 10.2. The smallest absolute Gasteiger partial charge is 0.149 e. The van der Waals surface area contributed by atoms with Crippen molar-refractivity contribution in [1.29, 1.82) is 5.26 Å². The number of hydrogen-bond donors (Lipinski definition) is 1. The summed E-state index contributed by atoms with van der Waals surface area (Å²) in [6.07, 6.45) is 0. The Balaban J connectivity index is 2.23. The van der Waals surface area contributed by atoms with Crippen molar-refractivity contribution in [3.05, 3.63) is 46.8 Å². The lowest BCUT2D eigenvalue weighted by atomic mass is 10.2. The van der Waals surface area contributed by atoms with Crippen LogP contribution in [0.5, 0.6) is 0 Å². The number of nitriles is 1. The zero-order valence-electron chi connectivity index (χ0n) is 9.57. The van der Waals surface area contributed by atoms with Crippen molar-refractivity contribution in [3.8, 4) is 11.8 Å². The monoisotopic (exact) mass is 224 g/mol. The van der Waals surface area contributed by atoms with Crippen molar-refractivity contribution < 1.29 is 0 Å². The highest BCUT2D eigenvalue weighted by atomic mass is 15.3. The first kappa shape index (κ1) is 10.1. The van der Waals surface area contributed by atoms with Crippen molar-refractivity contribution in [2.75, 3.05) is 0 Å². The lowest BCUT2D eigenvalue weighted by Gasteiger charge is -2.07. The van der Waals surface area contributed by atoms with Crippen LogP contribution < -0.4 is 5.32 Å². The standard InChI is InChI=1S/C13H12N4/c1-9-4-2-3-5-12(9)17-13(6-14)10-7-15-8-11(10)16-17/h2-5,15H,7-8H2,1H3. The SMILES string of the molecule is Cc1ccccc1-n1nc2c(c1C#N)CNC2. The Morgan fingerprint density at radius 3 is 2.94 bits per heavy atom. The Labute approximate surface area is 99.5 Å². The Morgan fingerprint density at radius 2 is 2.18 bits per heavy atom. The van der Waals surface area contributed by atoms with Crippen LogP contribution in [0.3, 0.4) is 0 Å². The van der Waals surface area contributed by atoms with Crippen molar-refractivity contribution in [2.45, 2.75) is 20.0 Å². The van der Waals surface area contributed by atoms with Crippen molar-refractivity contribution in [2.24, 2.45) is 0 Å². The molecule has 0 saturated heterocycles. The van der Waals surface area contributed by atoms with Gasteiger partial charge in [-0.15, -0.1) is 0 Å². The second-order valence-electron chi connectivity index (χ2n) is 4.19. The molecule has 3 rings (SSSR count). The summed E-state index contributed by atoms with van der Waals surface area (Å²) in [5.74, 6) is 0. The van der Waals surface area contributed by atoms with Gasteiger partial charge in [-0.3, -0.25) is 0 Å². The van der Waals surface area contributed by atoms with Crippen LogP contribution in [0.4, 0.5) is 0 Å². The lowest BCUT2D eigenvalue weighted by Crippen LogP contribution is -2.08. The number of hydrogen-bond acceptors (Lipinski definition) is 3. The van der Waals surface area contributed by atoms with E-state index in [0.29, 0.717) is 5.69 Å². The number of nitrogens with zero attached hydrogens (tertiary/aromatic N) is 3. The molecule has 0 bridgehead atoms. The highest BCUT2D eigenvalue weighted by molar-refractivity contribution is 5.47. The van der Waals surface area contributed by atoms with Gasteiger partial charge >= 0.3 is 0 Å². The maximum absolute atomic E-state index is 9.29. The molecule has 0 unspecified atom stereocenters. The van der Waals surface area contributed by atoms with Crippen LogP contribution in [0, 0.1) is 18.3 Å². The minimum absolute atomic E-state index is 0.652. The van der Waals surface area contributed by atoms with E-state index in [9.17, 15) is 5.26 Å². The molecule has 0 saturated carbocycles. The first-order valence-corrected chi connectivity index (χ1v) is 5.59. The van der Waals surface area contributed by atoms with Gasteiger partial charge in [0.25, 0.3) is 0 Å². The topological polar surface area (TPSA) is 53.6 Å². The molecule has 0 atom stereocenters. The second kappa shape index (κ2) is 3.72. The van der Waals surface area contributed by atoms with Gasteiger partial charge in [0.15, 0.2) is 0 Å². The van der Waals surface area contributed by atoms with E-state index in [0.717, 1.165) is 35.6 Å². The van der Waals surface area contributed by atoms with Crippen molar-refractivity contribution in [3.63, 3.8) is 0 Å². The summed E-state index contributed by atoms with van der Waals surface area (Å²) in [5.41, 5.74) is 4.79. The molecule has 4 heteroatoms. The highest BCUT2D eigenvalue weighted by Crippen LogP contribution is 2.23. The van der Waals surface area contributed by atoms with Gasteiger partial charge in [0.1, 0.15) is 11.8 Å². The number of benzene rings is 1. The molecule has 2 heterocycles. The van der Waals surface area contributed by atoms with Crippen molar-refractivity contribution in [1.82, 2.24) is 15.1 Å². The van der Waals surface area contributed by atoms with Gasteiger partial charge in [-0.1, -0.05) is 18.2 Å². The Morgan fingerprint density at radius 1 is 1.35 bits per heavy atom. The predicted octanol–water partition coefficient (Wildman–Crippen LogP) is 1.66.